The van der Waals surface area contributed by atoms with Crippen molar-refractivity contribution in [3.8, 4) is 0 Å². The molecule has 13 heavy (non-hydrogen) atoms. The molecule has 3 rings (SSSR count). The lowest BCUT2D eigenvalue weighted by Gasteiger charge is -1.98. The molecule has 1 N–H and O–H groups in total. The molecule has 1 aromatic rings. The lowest BCUT2D eigenvalue weighted by molar-refractivity contribution is 1.36. The van der Waals surface area contributed by atoms with Crippen LogP contribution in [0.15, 0.2) is 41.5 Å². The highest BCUT2D eigenvalue weighted by atomic mass is 32.2. The van der Waals surface area contributed by atoms with Crippen LogP contribution in [0.4, 0.5) is 0 Å². The maximum Gasteiger partial charge on any atom is 0.0707 e. The van der Waals surface area contributed by atoms with Crippen LogP contribution in [0.25, 0.3) is 0 Å². The van der Waals surface area contributed by atoms with Crippen LogP contribution >= 0.6 is 47.0 Å². The molecule has 0 amide bonds. The number of thioether (sulfide) groups is 4. The average Bonchev–Trinajstić information content (AvgIpc) is 2.78. The number of fused-ring (bicyclic) bond motifs is 1. The highest BCUT2D eigenvalue weighted by Crippen LogP contribution is 2.57. The number of hydrogen-bond acceptors (Lipinski definition) is 4. The molecule has 5 heteroatoms. The Balaban J connectivity index is 1.93. The summed E-state index contributed by atoms with van der Waals surface area (Å²) in [5, 5.41) is 4.28. The van der Waals surface area contributed by atoms with Crippen molar-refractivity contribution in [2.45, 2.75) is 9.79 Å². The first kappa shape index (κ1) is 8.47. The number of hydrogen-bond donors (Lipinski definition) is 1. The maximum atomic E-state index is 3.12. The molecule has 0 radical (unpaired) electrons. The van der Waals surface area contributed by atoms with E-state index in [2.05, 4.69) is 28.2 Å². The minimum Gasteiger partial charge on any atom is -0.366 e. The van der Waals surface area contributed by atoms with E-state index in [4.69, 9.17) is 0 Å². The van der Waals surface area contributed by atoms with Crippen molar-refractivity contribution in [3.63, 3.8) is 0 Å². The average molecular weight is 243 g/mol. The van der Waals surface area contributed by atoms with Gasteiger partial charge in [-0.2, -0.15) is 0 Å². The van der Waals surface area contributed by atoms with Gasteiger partial charge in [-0.15, -0.1) is 0 Å². The van der Waals surface area contributed by atoms with Gasteiger partial charge in [0.05, 0.1) is 8.47 Å². The Bertz CT molecular complexity index is 372. The third-order valence-corrected chi connectivity index (χ3v) is 6.82. The zero-order valence-electron chi connectivity index (χ0n) is 6.44. The summed E-state index contributed by atoms with van der Waals surface area (Å²) < 4.78 is 2.85. The fourth-order valence-corrected chi connectivity index (χ4v) is 5.71. The summed E-state index contributed by atoms with van der Waals surface area (Å²) in [6.07, 6.45) is 4.14. The molecule has 0 aliphatic carbocycles. The molecule has 2 aliphatic heterocycles. The number of aromatic amines is 1. The van der Waals surface area contributed by atoms with E-state index in [1.807, 2.05) is 47.0 Å². The Hall–Kier alpha value is 0.160. The molecule has 0 bridgehead atoms. The first-order valence-corrected chi connectivity index (χ1v) is 7.08. The second kappa shape index (κ2) is 3.38. The van der Waals surface area contributed by atoms with Gasteiger partial charge >= 0.3 is 0 Å². The molecule has 0 fully saturated rings. The maximum absolute atomic E-state index is 3.12. The molecule has 1 nitrogen and oxygen atoms in total. The van der Waals surface area contributed by atoms with E-state index in [9.17, 15) is 0 Å². The largest absolute Gasteiger partial charge is 0.366 e. The predicted octanol–water partition coefficient (Wildman–Crippen LogP) is 4.29. The van der Waals surface area contributed by atoms with E-state index in [0.717, 1.165) is 0 Å². The van der Waals surface area contributed by atoms with Crippen LogP contribution in [-0.2, 0) is 0 Å². The highest BCUT2D eigenvalue weighted by Gasteiger charge is 2.22. The van der Waals surface area contributed by atoms with E-state index in [0.29, 0.717) is 0 Å². The minimum absolute atomic E-state index is 1.36. The van der Waals surface area contributed by atoms with Crippen LogP contribution in [-0.4, -0.2) is 4.98 Å². The molecule has 3 heterocycles. The first-order chi connectivity index (χ1) is 6.43. The van der Waals surface area contributed by atoms with Gasteiger partial charge in [0, 0.05) is 22.2 Å². The fourth-order valence-electron chi connectivity index (χ4n) is 1.10. The zero-order chi connectivity index (χ0) is 8.67. The molecule has 66 valence electrons. The summed E-state index contributed by atoms with van der Waals surface area (Å²) >= 11 is 7.39. The molecule has 1 aromatic heterocycles. The molecule has 0 saturated carbocycles. The molecule has 0 atom stereocenters. The molecule has 0 unspecified atom stereocenters. The summed E-state index contributed by atoms with van der Waals surface area (Å²) in [7, 11) is 0. The minimum atomic E-state index is 1.36. The second-order valence-electron chi connectivity index (χ2n) is 2.47. The van der Waals surface area contributed by atoms with Crippen molar-refractivity contribution in [1.29, 1.82) is 0 Å². The standard InChI is InChI=1S/C8H5NS4/c1-2-11-7(10-1)8-12-5-3-9-4-6(5)13-8/h1-4,9H. The van der Waals surface area contributed by atoms with Gasteiger partial charge < -0.3 is 4.98 Å². The lowest BCUT2D eigenvalue weighted by atomic mass is 10.7. The van der Waals surface area contributed by atoms with E-state index < -0.39 is 0 Å². The van der Waals surface area contributed by atoms with Gasteiger partial charge in [0.2, 0.25) is 0 Å². The van der Waals surface area contributed by atoms with Crippen LogP contribution in [0.3, 0.4) is 0 Å². The molecule has 0 saturated heterocycles. The smallest absolute Gasteiger partial charge is 0.0707 e. The van der Waals surface area contributed by atoms with Crippen molar-refractivity contribution in [2.75, 3.05) is 0 Å². The fraction of sp³-hybridized carbons (Fsp3) is 0. The van der Waals surface area contributed by atoms with Crippen LogP contribution in [0.5, 0.6) is 0 Å². The number of nitrogens with one attached hydrogen (secondary N) is 1. The van der Waals surface area contributed by atoms with Crippen molar-refractivity contribution >= 4 is 47.0 Å². The Morgan fingerprint density at radius 1 is 0.846 bits per heavy atom. The van der Waals surface area contributed by atoms with Crippen molar-refractivity contribution in [1.82, 2.24) is 4.98 Å². The van der Waals surface area contributed by atoms with Gasteiger partial charge in [-0.1, -0.05) is 47.0 Å². The summed E-state index contributed by atoms with van der Waals surface area (Å²) in [5.41, 5.74) is 0. The Morgan fingerprint density at radius 2 is 1.46 bits per heavy atom. The van der Waals surface area contributed by atoms with Crippen LogP contribution in [0.1, 0.15) is 0 Å². The van der Waals surface area contributed by atoms with E-state index >= 15 is 0 Å². The molecular formula is C8H5NS4. The van der Waals surface area contributed by atoms with Crippen molar-refractivity contribution < 1.29 is 0 Å². The van der Waals surface area contributed by atoms with Crippen LogP contribution in [0.2, 0.25) is 0 Å². The van der Waals surface area contributed by atoms with E-state index in [1.54, 1.807) is 0 Å². The summed E-state index contributed by atoms with van der Waals surface area (Å²) in [6.45, 7) is 0. The van der Waals surface area contributed by atoms with Gasteiger partial charge in [-0.25, -0.2) is 0 Å². The molecule has 0 aromatic carbocycles. The molecule has 2 aliphatic rings. The number of rotatable bonds is 0. The van der Waals surface area contributed by atoms with Crippen LogP contribution in [0, 0.1) is 0 Å². The highest BCUT2D eigenvalue weighted by molar-refractivity contribution is 8.32. The van der Waals surface area contributed by atoms with Gasteiger partial charge in [0.25, 0.3) is 0 Å². The SMILES string of the molecule is C1=CSC(=C2Sc3c[nH]cc3S2)S1. The van der Waals surface area contributed by atoms with Gasteiger partial charge in [-0.05, 0) is 10.8 Å². The summed E-state index contributed by atoms with van der Waals surface area (Å²) in [4.78, 5) is 5.84. The van der Waals surface area contributed by atoms with Gasteiger partial charge in [-0.3, -0.25) is 0 Å². The lowest BCUT2D eigenvalue weighted by Crippen LogP contribution is -1.65. The molecule has 0 spiro atoms. The van der Waals surface area contributed by atoms with Crippen molar-refractivity contribution in [2.24, 2.45) is 0 Å². The third-order valence-electron chi connectivity index (χ3n) is 1.65. The van der Waals surface area contributed by atoms with Gasteiger partial charge in [0.15, 0.2) is 0 Å². The van der Waals surface area contributed by atoms with Gasteiger partial charge in [0.1, 0.15) is 0 Å². The van der Waals surface area contributed by atoms with Crippen LogP contribution < -0.4 is 0 Å². The zero-order valence-corrected chi connectivity index (χ0v) is 9.71. The quantitative estimate of drug-likeness (QED) is 0.731. The normalized spacial score (nSPS) is 20.0. The van der Waals surface area contributed by atoms with E-state index in [1.165, 1.54) is 18.3 Å². The predicted molar refractivity (Wildman–Crippen MR) is 63.9 cm³/mol. The second-order valence-corrected chi connectivity index (χ2v) is 6.92. The third kappa shape index (κ3) is 1.48. The summed E-state index contributed by atoms with van der Waals surface area (Å²) in [5.74, 6) is 0. The Kier molecular flexibility index (Phi) is 2.20. The number of H-pyrrole nitrogens is 1. The van der Waals surface area contributed by atoms with Crippen molar-refractivity contribution in [3.05, 3.63) is 31.7 Å². The molecular weight excluding hydrogens is 238 g/mol. The summed E-state index contributed by atoms with van der Waals surface area (Å²) in [6, 6.07) is 0. The monoisotopic (exact) mass is 243 g/mol. The first-order valence-electron chi connectivity index (χ1n) is 3.68. The van der Waals surface area contributed by atoms with E-state index in [-0.39, 0.29) is 0 Å². The number of aromatic nitrogens is 1. The Morgan fingerprint density at radius 3 is 2.08 bits per heavy atom. The topological polar surface area (TPSA) is 15.8 Å². The Labute approximate surface area is 93.2 Å².